The lowest BCUT2D eigenvalue weighted by Gasteiger charge is -2.12. The highest BCUT2D eigenvalue weighted by molar-refractivity contribution is 6.33. The summed E-state index contributed by atoms with van der Waals surface area (Å²) < 4.78 is 51.6. The average molecular weight is 517 g/mol. The third-order valence-corrected chi connectivity index (χ3v) is 5.99. The molecule has 1 aromatic carbocycles. The van der Waals surface area contributed by atoms with Gasteiger partial charge in [0, 0.05) is 37.0 Å². The van der Waals surface area contributed by atoms with E-state index >= 15 is 0 Å². The van der Waals surface area contributed by atoms with Crippen molar-refractivity contribution in [3.05, 3.63) is 65.0 Å². The van der Waals surface area contributed by atoms with Gasteiger partial charge in [-0.15, -0.1) is 0 Å². The van der Waals surface area contributed by atoms with E-state index in [2.05, 4.69) is 24.9 Å². The highest BCUT2D eigenvalue weighted by Gasteiger charge is 2.35. The molecular formula is C24H20ClF3N6O2. The van der Waals surface area contributed by atoms with Gasteiger partial charge in [0.1, 0.15) is 24.3 Å². The van der Waals surface area contributed by atoms with Crippen LogP contribution in [0.25, 0.3) is 22.8 Å². The van der Waals surface area contributed by atoms with Gasteiger partial charge in [0.25, 0.3) is 0 Å². The minimum Gasteiger partial charge on any atom is -0.480 e. The van der Waals surface area contributed by atoms with Crippen molar-refractivity contribution < 1.29 is 22.6 Å². The van der Waals surface area contributed by atoms with Crippen LogP contribution >= 0.6 is 11.6 Å². The monoisotopic (exact) mass is 516 g/mol. The van der Waals surface area contributed by atoms with Crippen LogP contribution in [0.5, 0.6) is 11.8 Å². The van der Waals surface area contributed by atoms with Gasteiger partial charge in [-0.1, -0.05) is 17.7 Å². The van der Waals surface area contributed by atoms with E-state index in [0.717, 1.165) is 24.7 Å². The molecule has 1 aliphatic carbocycles. The first-order chi connectivity index (χ1) is 17.2. The summed E-state index contributed by atoms with van der Waals surface area (Å²) in [5, 5.41) is 0.252. The maximum Gasteiger partial charge on any atom is 0.434 e. The Balaban J connectivity index is 1.35. The molecule has 3 aromatic heterocycles. The van der Waals surface area contributed by atoms with E-state index in [0.29, 0.717) is 40.2 Å². The van der Waals surface area contributed by atoms with Crippen molar-refractivity contribution in [3.63, 3.8) is 0 Å². The lowest BCUT2D eigenvalue weighted by atomic mass is 10.1. The molecule has 36 heavy (non-hydrogen) atoms. The van der Waals surface area contributed by atoms with Crippen molar-refractivity contribution in [1.82, 2.24) is 29.5 Å². The maximum absolute atomic E-state index is 13.0. The zero-order valence-corrected chi connectivity index (χ0v) is 20.0. The van der Waals surface area contributed by atoms with Crippen LogP contribution in [-0.4, -0.2) is 36.6 Å². The number of methoxy groups -OCH3 is 1. The van der Waals surface area contributed by atoms with Gasteiger partial charge < -0.3 is 14.0 Å². The Morgan fingerprint density at radius 1 is 1.11 bits per heavy atom. The zero-order chi connectivity index (χ0) is 25.4. The first kappa shape index (κ1) is 24.0. The molecule has 0 atom stereocenters. The fraction of sp³-hybridized carbons (Fsp3) is 0.292. The van der Waals surface area contributed by atoms with E-state index in [1.54, 1.807) is 30.5 Å². The van der Waals surface area contributed by atoms with Crippen LogP contribution in [0.2, 0.25) is 5.02 Å². The second-order valence-corrected chi connectivity index (χ2v) is 8.70. The van der Waals surface area contributed by atoms with E-state index in [9.17, 15) is 13.2 Å². The molecule has 0 aliphatic heterocycles. The van der Waals surface area contributed by atoms with Crippen molar-refractivity contribution in [2.45, 2.75) is 31.5 Å². The van der Waals surface area contributed by atoms with Crippen LogP contribution in [0.4, 0.5) is 13.2 Å². The summed E-state index contributed by atoms with van der Waals surface area (Å²) in [4.78, 5) is 21.2. The van der Waals surface area contributed by atoms with Crippen LogP contribution in [0, 0.1) is 0 Å². The van der Waals surface area contributed by atoms with Gasteiger partial charge in [-0.2, -0.15) is 18.2 Å². The second-order valence-electron chi connectivity index (χ2n) is 8.30. The highest BCUT2D eigenvalue weighted by atomic mass is 35.5. The van der Waals surface area contributed by atoms with Gasteiger partial charge in [-0.25, -0.2) is 19.9 Å². The summed E-state index contributed by atoms with van der Waals surface area (Å²) in [6.45, 7) is 0.128. The van der Waals surface area contributed by atoms with Gasteiger partial charge in [0.15, 0.2) is 11.5 Å². The second kappa shape index (κ2) is 9.38. The fourth-order valence-electron chi connectivity index (χ4n) is 3.80. The van der Waals surface area contributed by atoms with Gasteiger partial charge >= 0.3 is 6.18 Å². The summed E-state index contributed by atoms with van der Waals surface area (Å²) in [6.07, 6.45) is 1.51. The predicted octanol–water partition coefficient (Wildman–Crippen LogP) is 5.47. The molecule has 5 rings (SSSR count). The van der Waals surface area contributed by atoms with Crippen molar-refractivity contribution in [3.8, 4) is 34.5 Å². The number of benzene rings is 1. The maximum atomic E-state index is 13.0. The van der Waals surface area contributed by atoms with Crippen LogP contribution in [0.1, 0.15) is 35.7 Å². The Hall–Kier alpha value is -3.73. The van der Waals surface area contributed by atoms with Crippen molar-refractivity contribution >= 4 is 11.6 Å². The van der Waals surface area contributed by atoms with Gasteiger partial charge in [0.05, 0.1) is 17.8 Å². The van der Waals surface area contributed by atoms with E-state index in [1.165, 1.54) is 25.1 Å². The number of ether oxygens (including phenoxy) is 2. The van der Waals surface area contributed by atoms with E-state index in [4.69, 9.17) is 21.1 Å². The summed E-state index contributed by atoms with van der Waals surface area (Å²) in [6, 6.07) is 6.58. The van der Waals surface area contributed by atoms with Crippen LogP contribution in [-0.2, 0) is 19.8 Å². The molecule has 0 bridgehead atoms. The predicted molar refractivity (Wildman–Crippen MR) is 125 cm³/mol. The zero-order valence-electron chi connectivity index (χ0n) is 19.3. The van der Waals surface area contributed by atoms with Gasteiger partial charge in [-0.05, 0) is 30.5 Å². The van der Waals surface area contributed by atoms with E-state index in [1.807, 2.05) is 0 Å². The Morgan fingerprint density at radius 3 is 2.58 bits per heavy atom. The number of rotatable bonds is 7. The molecule has 1 fully saturated rings. The van der Waals surface area contributed by atoms with Crippen LogP contribution in [0.15, 0.2) is 43.0 Å². The Morgan fingerprint density at radius 2 is 1.92 bits per heavy atom. The first-order valence-corrected chi connectivity index (χ1v) is 11.4. The van der Waals surface area contributed by atoms with E-state index < -0.39 is 11.9 Å². The van der Waals surface area contributed by atoms with Crippen molar-refractivity contribution in [1.29, 1.82) is 0 Å². The lowest BCUT2D eigenvalue weighted by molar-refractivity contribution is -0.140. The Labute approximate surface area is 209 Å². The minimum atomic E-state index is -4.54. The van der Waals surface area contributed by atoms with E-state index in [-0.39, 0.29) is 17.5 Å². The lowest BCUT2D eigenvalue weighted by Crippen LogP contribution is -2.05. The summed E-state index contributed by atoms with van der Waals surface area (Å²) >= 11 is 6.39. The molecule has 0 N–H and O–H groups in total. The highest BCUT2D eigenvalue weighted by Crippen LogP contribution is 2.45. The summed E-state index contributed by atoms with van der Waals surface area (Å²) in [5.41, 5.74) is 1.60. The Bertz CT molecular complexity index is 1420. The van der Waals surface area contributed by atoms with Crippen molar-refractivity contribution in [2.75, 3.05) is 7.11 Å². The number of hydrogen-bond donors (Lipinski definition) is 0. The largest absolute Gasteiger partial charge is 0.480 e. The van der Waals surface area contributed by atoms with Crippen LogP contribution in [0.3, 0.4) is 0 Å². The van der Waals surface area contributed by atoms with Gasteiger partial charge in [-0.3, -0.25) is 0 Å². The van der Waals surface area contributed by atoms with Crippen molar-refractivity contribution in [2.24, 2.45) is 7.05 Å². The fourth-order valence-corrected chi connectivity index (χ4v) is 4.08. The molecule has 0 spiro atoms. The topological polar surface area (TPSA) is 87.8 Å². The van der Waals surface area contributed by atoms with Gasteiger partial charge in [0.2, 0.25) is 11.8 Å². The molecule has 186 valence electrons. The van der Waals surface area contributed by atoms with Crippen LogP contribution < -0.4 is 9.47 Å². The molecule has 0 saturated heterocycles. The number of hydrogen-bond acceptors (Lipinski definition) is 7. The molecule has 0 radical (unpaired) electrons. The third kappa shape index (κ3) is 4.83. The summed E-state index contributed by atoms with van der Waals surface area (Å²) in [5.74, 6) is 1.57. The average Bonchev–Trinajstić information content (AvgIpc) is 3.63. The third-order valence-electron chi connectivity index (χ3n) is 5.68. The number of halogens is 4. The number of aromatic nitrogens is 6. The molecule has 1 aliphatic rings. The standard InChI is InChI=1S/C24H20ClF3N6O2/c1-34-10-17(24(26,27)28)32-22(34)15-6-3-13(9-16(15)25)11-36-18-7-8-29-21(33-18)19-20(14-4-5-14)30-12-31-23(19)35-2/h3,6-10,12,14H,4-5,11H2,1-2H3. The quantitative estimate of drug-likeness (QED) is 0.322. The first-order valence-electron chi connectivity index (χ1n) is 11.0. The SMILES string of the molecule is COc1ncnc(C2CC2)c1-c1nccc(OCc2ccc(-c3nc(C(F)(F)F)cn3C)c(Cl)c2)n1. The number of alkyl halides is 3. The molecule has 4 aromatic rings. The number of imidazole rings is 1. The Kier molecular flexibility index (Phi) is 6.25. The normalized spacial score (nSPS) is 13.6. The molecule has 3 heterocycles. The molecule has 12 heteroatoms. The smallest absolute Gasteiger partial charge is 0.434 e. The molecular weight excluding hydrogens is 497 g/mol. The molecule has 0 amide bonds. The molecule has 1 saturated carbocycles. The number of aryl methyl sites for hydroxylation is 1. The number of nitrogens with zero attached hydrogens (tertiary/aromatic N) is 6. The molecule has 0 unspecified atom stereocenters. The molecule has 8 nitrogen and oxygen atoms in total. The minimum absolute atomic E-state index is 0.116. The summed E-state index contributed by atoms with van der Waals surface area (Å²) in [7, 11) is 3.02.